The first kappa shape index (κ1) is 26.7. The third kappa shape index (κ3) is 6.61. The molecule has 0 atom stereocenters. The summed E-state index contributed by atoms with van der Waals surface area (Å²) in [6, 6.07) is 19.2. The Labute approximate surface area is 211 Å². The van der Waals surface area contributed by atoms with E-state index in [9.17, 15) is 18.0 Å². The molecular weight excluding hydrogens is 482 g/mol. The summed E-state index contributed by atoms with van der Waals surface area (Å²) in [5, 5.41) is 5.39. The molecule has 2 N–H and O–H groups in total. The highest BCUT2D eigenvalue weighted by Gasteiger charge is 2.28. The molecule has 36 heavy (non-hydrogen) atoms. The van der Waals surface area contributed by atoms with E-state index in [4.69, 9.17) is 9.47 Å². The summed E-state index contributed by atoms with van der Waals surface area (Å²) < 4.78 is 38.2. The fourth-order valence-corrected chi connectivity index (χ4v) is 4.79. The second kappa shape index (κ2) is 12.2. The molecule has 3 aromatic rings. The Kier molecular flexibility index (Phi) is 9.04. The normalized spacial score (nSPS) is 11.0. The molecule has 10 heteroatoms. The number of anilines is 2. The first-order chi connectivity index (χ1) is 17.3. The first-order valence-electron chi connectivity index (χ1n) is 11.2. The molecule has 0 aromatic heterocycles. The van der Waals surface area contributed by atoms with Crippen LogP contribution in [0.3, 0.4) is 0 Å². The van der Waals surface area contributed by atoms with Gasteiger partial charge in [-0.05, 0) is 55.5 Å². The molecule has 0 heterocycles. The van der Waals surface area contributed by atoms with Crippen molar-refractivity contribution in [3.63, 3.8) is 0 Å². The summed E-state index contributed by atoms with van der Waals surface area (Å²) in [5.41, 5.74) is 1.79. The minimum Gasteiger partial charge on any atom is -0.497 e. The Balaban J connectivity index is 1.88. The molecule has 3 rings (SSSR count). The molecule has 0 aliphatic heterocycles. The van der Waals surface area contributed by atoms with E-state index in [0.29, 0.717) is 24.6 Å². The van der Waals surface area contributed by atoms with E-state index in [0.717, 1.165) is 9.87 Å². The zero-order valence-corrected chi connectivity index (χ0v) is 21.2. The minimum absolute atomic E-state index is 0.00889. The van der Waals surface area contributed by atoms with Crippen molar-refractivity contribution in [3.05, 3.63) is 83.9 Å². The van der Waals surface area contributed by atoms with E-state index in [-0.39, 0.29) is 22.1 Å². The number of methoxy groups -OCH3 is 2. The van der Waals surface area contributed by atoms with Crippen LogP contribution in [-0.4, -0.2) is 54.1 Å². The topological polar surface area (TPSA) is 114 Å². The van der Waals surface area contributed by atoms with Crippen LogP contribution in [-0.2, 0) is 19.6 Å². The maximum Gasteiger partial charge on any atom is 0.264 e. The van der Waals surface area contributed by atoms with Crippen molar-refractivity contribution in [3.8, 4) is 5.75 Å². The molecule has 0 unspecified atom stereocenters. The average Bonchev–Trinajstić information content (AvgIpc) is 2.88. The van der Waals surface area contributed by atoms with Crippen LogP contribution >= 0.6 is 0 Å². The number of nitrogens with zero attached hydrogens (tertiary/aromatic N) is 1. The van der Waals surface area contributed by atoms with Gasteiger partial charge in [0.2, 0.25) is 5.91 Å². The molecule has 3 aromatic carbocycles. The predicted octanol–water partition coefficient (Wildman–Crippen LogP) is 3.21. The van der Waals surface area contributed by atoms with Crippen LogP contribution < -0.4 is 19.7 Å². The van der Waals surface area contributed by atoms with Gasteiger partial charge in [-0.25, -0.2) is 8.42 Å². The van der Waals surface area contributed by atoms with Gasteiger partial charge in [-0.1, -0.05) is 29.8 Å². The van der Waals surface area contributed by atoms with Crippen molar-refractivity contribution < 1.29 is 27.5 Å². The number of aryl methyl sites for hydroxylation is 1. The zero-order valence-electron chi connectivity index (χ0n) is 20.4. The Morgan fingerprint density at radius 1 is 0.917 bits per heavy atom. The van der Waals surface area contributed by atoms with E-state index >= 15 is 0 Å². The largest absolute Gasteiger partial charge is 0.497 e. The van der Waals surface area contributed by atoms with Gasteiger partial charge in [0.15, 0.2) is 0 Å². The van der Waals surface area contributed by atoms with Gasteiger partial charge in [0.1, 0.15) is 12.3 Å². The summed E-state index contributed by atoms with van der Waals surface area (Å²) in [5.74, 6) is -0.483. The average molecular weight is 512 g/mol. The quantitative estimate of drug-likeness (QED) is 0.382. The SMILES string of the molecule is COCCNC(=O)c1ccccc1NC(=O)CN(c1ccc(C)cc1)S(=O)(=O)c1ccc(OC)cc1. The van der Waals surface area contributed by atoms with Gasteiger partial charge in [0, 0.05) is 13.7 Å². The van der Waals surface area contributed by atoms with E-state index in [1.54, 1.807) is 60.7 Å². The number of carbonyl (C=O) groups is 2. The number of nitrogens with one attached hydrogen (secondary N) is 2. The summed E-state index contributed by atoms with van der Waals surface area (Å²) >= 11 is 0. The van der Waals surface area contributed by atoms with Crippen LogP contribution in [0.1, 0.15) is 15.9 Å². The van der Waals surface area contributed by atoms with Crippen LogP contribution in [0, 0.1) is 6.92 Å². The monoisotopic (exact) mass is 511 g/mol. The molecule has 0 bridgehead atoms. The molecule has 2 amide bonds. The van der Waals surface area contributed by atoms with Crippen LogP contribution in [0.15, 0.2) is 77.7 Å². The van der Waals surface area contributed by atoms with Crippen LogP contribution in [0.4, 0.5) is 11.4 Å². The third-order valence-corrected chi connectivity index (χ3v) is 7.08. The van der Waals surface area contributed by atoms with Crippen molar-refractivity contribution in [2.45, 2.75) is 11.8 Å². The van der Waals surface area contributed by atoms with E-state index in [2.05, 4.69) is 10.6 Å². The Bertz CT molecular complexity index is 1290. The smallest absolute Gasteiger partial charge is 0.264 e. The lowest BCUT2D eigenvalue weighted by molar-refractivity contribution is -0.114. The van der Waals surface area contributed by atoms with E-state index < -0.39 is 22.5 Å². The highest BCUT2D eigenvalue weighted by molar-refractivity contribution is 7.92. The molecule has 0 saturated heterocycles. The zero-order chi connectivity index (χ0) is 26.1. The Hall–Kier alpha value is -3.89. The lowest BCUT2D eigenvalue weighted by Crippen LogP contribution is -2.38. The number of para-hydroxylation sites is 1. The first-order valence-corrected chi connectivity index (χ1v) is 12.6. The maximum atomic E-state index is 13.6. The van der Waals surface area contributed by atoms with Crippen LogP contribution in [0.5, 0.6) is 5.75 Å². The fourth-order valence-electron chi connectivity index (χ4n) is 3.37. The second-order valence-electron chi connectivity index (χ2n) is 7.87. The van der Waals surface area contributed by atoms with Gasteiger partial charge in [-0.3, -0.25) is 13.9 Å². The maximum absolute atomic E-state index is 13.6. The lowest BCUT2D eigenvalue weighted by atomic mass is 10.1. The van der Waals surface area contributed by atoms with Crippen molar-refractivity contribution in [1.82, 2.24) is 5.32 Å². The van der Waals surface area contributed by atoms with Gasteiger partial charge in [0.25, 0.3) is 15.9 Å². The third-order valence-electron chi connectivity index (χ3n) is 5.29. The highest BCUT2D eigenvalue weighted by Crippen LogP contribution is 2.26. The highest BCUT2D eigenvalue weighted by atomic mass is 32.2. The number of amides is 2. The minimum atomic E-state index is -4.10. The lowest BCUT2D eigenvalue weighted by Gasteiger charge is -2.24. The van der Waals surface area contributed by atoms with Crippen LogP contribution in [0.25, 0.3) is 0 Å². The number of carbonyl (C=O) groups excluding carboxylic acids is 2. The van der Waals surface area contributed by atoms with Crippen molar-refractivity contribution in [2.24, 2.45) is 0 Å². The molecular formula is C26H29N3O6S. The summed E-state index contributed by atoms with van der Waals surface area (Å²) in [4.78, 5) is 25.7. The van der Waals surface area contributed by atoms with Crippen LogP contribution in [0.2, 0.25) is 0 Å². The summed E-state index contributed by atoms with van der Waals surface area (Å²) in [6.07, 6.45) is 0. The van der Waals surface area contributed by atoms with Crippen molar-refractivity contribution in [2.75, 3.05) is 43.5 Å². The number of ether oxygens (including phenoxy) is 2. The van der Waals surface area contributed by atoms with E-state index in [1.165, 1.54) is 26.4 Å². The number of benzene rings is 3. The molecule has 0 aliphatic rings. The van der Waals surface area contributed by atoms with Gasteiger partial charge in [-0.2, -0.15) is 0 Å². The number of rotatable bonds is 11. The summed E-state index contributed by atoms with van der Waals surface area (Å²) in [7, 11) is -1.08. The number of sulfonamides is 1. The van der Waals surface area contributed by atoms with Gasteiger partial charge >= 0.3 is 0 Å². The predicted molar refractivity (Wildman–Crippen MR) is 138 cm³/mol. The molecule has 0 aliphatic carbocycles. The molecule has 0 spiro atoms. The molecule has 9 nitrogen and oxygen atoms in total. The summed E-state index contributed by atoms with van der Waals surface area (Å²) in [6.45, 7) is 2.03. The molecule has 0 fully saturated rings. The van der Waals surface area contributed by atoms with Crippen molar-refractivity contribution in [1.29, 1.82) is 0 Å². The van der Waals surface area contributed by atoms with E-state index in [1.807, 2.05) is 6.92 Å². The van der Waals surface area contributed by atoms with Crippen molar-refractivity contribution >= 4 is 33.2 Å². The molecule has 190 valence electrons. The van der Waals surface area contributed by atoms with Gasteiger partial charge in [0.05, 0.1) is 35.6 Å². The standard InChI is InChI=1S/C26H29N3O6S/c1-19-8-10-20(11-9-19)29(36(32,33)22-14-12-21(35-3)13-15-22)18-25(30)28-24-7-5-4-6-23(24)26(31)27-16-17-34-2/h4-15H,16-18H2,1-3H3,(H,27,31)(H,28,30). The second-order valence-corrected chi connectivity index (χ2v) is 9.73. The Morgan fingerprint density at radius 3 is 2.22 bits per heavy atom. The fraction of sp³-hybridized carbons (Fsp3) is 0.231. The van der Waals surface area contributed by atoms with Gasteiger partial charge < -0.3 is 20.1 Å². The van der Waals surface area contributed by atoms with Gasteiger partial charge in [-0.15, -0.1) is 0 Å². The Morgan fingerprint density at radius 2 is 1.58 bits per heavy atom. The number of hydrogen-bond acceptors (Lipinski definition) is 6. The molecule has 0 saturated carbocycles. The number of hydrogen-bond donors (Lipinski definition) is 2. The molecule has 0 radical (unpaired) electrons.